The van der Waals surface area contributed by atoms with Gasteiger partial charge in [-0.3, -0.25) is 19.3 Å². The molecule has 0 bridgehead atoms. The van der Waals surface area contributed by atoms with Crippen LogP contribution < -0.4 is 0 Å². The average Bonchev–Trinajstić information content (AvgIpc) is 3.26. The van der Waals surface area contributed by atoms with E-state index in [2.05, 4.69) is 26.5 Å². The molecule has 2 aliphatic rings. The summed E-state index contributed by atoms with van der Waals surface area (Å²) in [5.74, 6) is -0.177. The third-order valence-corrected chi connectivity index (χ3v) is 7.20. The maximum Gasteiger partial charge on any atom is 0.293 e. The Kier molecular flexibility index (Phi) is 6.55. The number of nitrogens with zero attached hydrogens (tertiary/aromatic N) is 3. The van der Waals surface area contributed by atoms with Crippen LogP contribution in [0.3, 0.4) is 0 Å². The summed E-state index contributed by atoms with van der Waals surface area (Å²) < 4.78 is 2.01. The van der Waals surface area contributed by atoms with Gasteiger partial charge in [-0.25, -0.2) is 0 Å². The minimum atomic E-state index is -0.300. The Morgan fingerprint density at radius 2 is 2.09 bits per heavy atom. The Morgan fingerprint density at radius 1 is 1.28 bits per heavy atom. The molecule has 0 radical (unpaired) electrons. The summed E-state index contributed by atoms with van der Waals surface area (Å²) in [5.41, 5.74) is 3.02. The van der Waals surface area contributed by atoms with Crippen molar-refractivity contribution in [2.45, 2.75) is 52.1 Å². The molecular formula is C25H29N3O3S. The number of likely N-dealkylation sites (tertiary alicyclic amines) is 1. The van der Waals surface area contributed by atoms with E-state index >= 15 is 0 Å². The smallest absolute Gasteiger partial charge is 0.293 e. The number of piperidine rings is 1. The number of imide groups is 1. The van der Waals surface area contributed by atoms with Gasteiger partial charge in [0, 0.05) is 36.3 Å². The van der Waals surface area contributed by atoms with Gasteiger partial charge in [-0.15, -0.1) is 6.58 Å². The largest absolute Gasteiger partial charge is 0.338 e. The SMILES string of the molecule is C=CCN1C(=O)S/C(=C\c2cn(CC(=O)N3CCCC[C@H]3C)c3c(CC)cccc23)C1=O. The number of carbonyl (C=O) groups excluding carboxylic acids is 3. The summed E-state index contributed by atoms with van der Waals surface area (Å²) in [7, 11) is 0. The van der Waals surface area contributed by atoms with Crippen molar-refractivity contribution in [3.8, 4) is 0 Å². The predicted octanol–water partition coefficient (Wildman–Crippen LogP) is 4.83. The van der Waals surface area contributed by atoms with E-state index in [1.54, 1.807) is 12.2 Å². The number of aryl methyl sites for hydroxylation is 1. The number of thioether (sulfide) groups is 1. The molecule has 0 unspecified atom stereocenters. The average molecular weight is 452 g/mol. The maximum atomic E-state index is 13.2. The van der Waals surface area contributed by atoms with Crippen molar-refractivity contribution in [3.05, 3.63) is 53.1 Å². The Bertz CT molecular complexity index is 1120. The van der Waals surface area contributed by atoms with Gasteiger partial charge in [0.15, 0.2) is 0 Å². The zero-order valence-corrected chi connectivity index (χ0v) is 19.5. The topological polar surface area (TPSA) is 62.6 Å². The second-order valence-corrected chi connectivity index (χ2v) is 9.39. The van der Waals surface area contributed by atoms with Crippen LogP contribution in [0.5, 0.6) is 0 Å². The molecule has 2 aromatic rings. The van der Waals surface area contributed by atoms with Crippen molar-refractivity contribution in [1.82, 2.24) is 14.4 Å². The second-order valence-electron chi connectivity index (χ2n) is 8.39. The van der Waals surface area contributed by atoms with Crippen molar-refractivity contribution >= 4 is 45.8 Å². The molecule has 2 saturated heterocycles. The quantitative estimate of drug-likeness (QED) is 0.466. The van der Waals surface area contributed by atoms with Gasteiger partial charge in [-0.2, -0.15) is 0 Å². The number of aromatic nitrogens is 1. The third kappa shape index (κ3) is 4.13. The van der Waals surface area contributed by atoms with Crippen molar-refractivity contribution in [1.29, 1.82) is 0 Å². The lowest BCUT2D eigenvalue weighted by molar-refractivity contribution is -0.135. The molecule has 168 valence electrons. The molecule has 32 heavy (non-hydrogen) atoms. The lowest BCUT2D eigenvalue weighted by Gasteiger charge is -2.33. The van der Waals surface area contributed by atoms with E-state index in [0.29, 0.717) is 4.91 Å². The first-order valence-corrected chi connectivity index (χ1v) is 12.0. The fourth-order valence-electron chi connectivity index (χ4n) is 4.62. The van der Waals surface area contributed by atoms with Crippen LogP contribution in [0.15, 0.2) is 42.0 Å². The summed E-state index contributed by atoms with van der Waals surface area (Å²) in [6, 6.07) is 6.36. The minimum absolute atomic E-state index is 0.123. The van der Waals surface area contributed by atoms with Crippen LogP contribution in [-0.2, 0) is 22.6 Å². The van der Waals surface area contributed by atoms with Gasteiger partial charge in [0.1, 0.15) is 6.54 Å². The fraction of sp³-hybridized carbons (Fsp3) is 0.400. The van der Waals surface area contributed by atoms with E-state index < -0.39 is 0 Å². The van der Waals surface area contributed by atoms with Crippen LogP contribution in [-0.4, -0.2) is 50.6 Å². The minimum Gasteiger partial charge on any atom is -0.338 e. The van der Waals surface area contributed by atoms with Gasteiger partial charge in [-0.1, -0.05) is 31.2 Å². The lowest BCUT2D eigenvalue weighted by atomic mass is 10.0. The molecule has 1 atom stereocenters. The molecular weight excluding hydrogens is 422 g/mol. The third-order valence-electron chi connectivity index (χ3n) is 6.29. The molecule has 4 rings (SSSR count). The number of fused-ring (bicyclic) bond motifs is 1. The van der Waals surface area contributed by atoms with E-state index in [0.717, 1.165) is 59.6 Å². The number of carbonyl (C=O) groups is 3. The first kappa shape index (κ1) is 22.4. The molecule has 6 nitrogen and oxygen atoms in total. The molecule has 0 spiro atoms. The molecule has 2 aliphatic heterocycles. The standard InChI is InChI=1S/C25H29N3O3S/c1-4-12-28-24(30)21(32-25(28)31)14-19-15-26(23-18(5-2)10-8-11-20(19)23)16-22(29)27-13-7-6-9-17(27)3/h4,8,10-11,14-15,17H,1,5-7,9,12-13,16H2,2-3H3/b21-14-/t17-/m1/s1. The highest BCUT2D eigenvalue weighted by molar-refractivity contribution is 8.18. The predicted molar refractivity (Wildman–Crippen MR) is 129 cm³/mol. The molecule has 2 fully saturated rings. The van der Waals surface area contributed by atoms with E-state index in [1.807, 2.05) is 27.8 Å². The maximum absolute atomic E-state index is 13.2. The summed E-state index contributed by atoms with van der Waals surface area (Å²) in [6.45, 7) is 9.12. The number of amides is 3. The molecule has 3 amide bonds. The van der Waals surface area contributed by atoms with E-state index in [1.165, 1.54) is 11.3 Å². The second kappa shape index (κ2) is 9.36. The lowest BCUT2D eigenvalue weighted by Crippen LogP contribution is -2.43. The Balaban J connectivity index is 1.72. The summed E-state index contributed by atoms with van der Waals surface area (Å²) in [6.07, 6.45) is 9.37. The molecule has 0 aliphatic carbocycles. The molecule has 3 heterocycles. The first-order chi connectivity index (χ1) is 15.4. The van der Waals surface area contributed by atoms with Gasteiger partial charge < -0.3 is 9.47 Å². The van der Waals surface area contributed by atoms with Crippen molar-refractivity contribution in [2.24, 2.45) is 0 Å². The Morgan fingerprint density at radius 3 is 2.81 bits per heavy atom. The van der Waals surface area contributed by atoms with Crippen LogP contribution in [0.25, 0.3) is 17.0 Å². The summed E-state index contributed by atoms with van der Waals surface area (Å²) in [4.78, 5) is 41.7. The first-order valence-electron chi connectivity index (χ1n) is 11.2. The van der Waals surface area contributed by atoms with Gasteiger partial charge in [0.05, 0.1) is 10.4 Å². The fourth-order valence-corrected chi connectivity index (χ4v) is 5.46. The van der Waals surface area contributed by atoms with E-state index in [-0.39, 0.29) is 36.2 Å². The molecule has 0 saturated carbocycles. The van der Waals surface area contributed by atoms with Gasteiger partial charge in [0.25, 0.3) is 11.1 Å². The summed E-state index contributed by atoms with van der Waals surface area (Å²) >= 11 is 0.948. The molecule has 1 aromatic heterocycles. The Hall–Kier alpha value is -2.80. The molecule has 0 N–H and O–H groups in total. The van der Waals surface area contributed by atoms with Crippen LogP contribution in [0.2, 0.25) is 0 Å². The number of hydrogen-bond acceptors (Lipinski definition) is 4. The van der Waals surface area contributed by atoms with Crippen LogP contribution >= 0.6 is 11.8 Å². The monoisotopic (exact) mass is 451 g/mol. The highest BCUT2D eigenvalue weighted by Gasteiger charge is 2.34. The molecule has 7 heteroatoms. The van der Waals surface area contributed by atoms with E-state index in [9.17, 15) is 14.4 Å². The van der Waals surface area contributed by atoms with Crippen molar-refractivity contribution in [3.63, 3.8) is 0 Å². The number of hydrogen-bond donors (Lipinski definition) is 0. The van der Waals surface area contributed by atoms with Crippen LogP contribution in [0.1, 0.15) is 44.2 Å². The highest BCUT2D eigenvalue weighted by atomic mass is 32.2. The zero-order chi connectivity index (χ0) is 22.8. The van der Waals surface area contributed by atoms with Gasteiger partial charge >= 0.3 is 0 Å². The molecule has 1 aromatic carbocycles. The number of rotatable bonds is 6. The van der Waals surface area contributed by atoms with E-state index in [4.69, 9.17) is 0 Å². The van der Waals surface area contributed by atoms with Gasteiger partial charge in [-0.05, 0) is 56.0 Å². The number of benzene rings is 1. The summed E-state index contributed by atoms with van der Waals surface area (Å²) in [5, 5.41) is 0.702. The van der Waals surface area contributed by atoms with Crippen molar-refractivity contribution in [2.75, 3.05) is 13.1 Å². The normalized spacial score (nSPS) is 20.6. The highest BCUT2D eigenvalue weighted by Crippen LogP contribution is 2.35. The zero-order valence-electron chi connectivity index (χ0n) is 18.7. The van der Waals surface area contributed by atoms with Crippen LogP contribution in [0, 0.1) is 0 Å². The number of para-hydroxylation sites is 1. The van der Waals surface area contributed by atoms with Crippen LogP contribution in [0.4, 0.5) is 4.79 Å². The van der Waals surface area contributed by atoms with Crippen molar-refractivity contribution < 1.29 is 14.4 Å². The Labute approximate surface area is 192 Å². The van der Waals surface area contributed by atoms with Gasteiger partial charge in [0.2, 0.25) is 5.91 Å².